The third-order valence-electron chi connectivity index (χ3n) is 7.38. The Balaban J connectivity index is 1.31. The molecule has 8 heteroatoms. The Hall–Kier alpha value is -4.21. The Morgan fingerprint density at radius 3 is 1.83 bits per heavy atom. The highest BCUT2D eigenvalue weighted by molar-refractivity contribution is 6.52. The van der Waals surface area contributed by atoms with Gasteiger partial charge < -0.3 is 18.9 Å². The molecule has 2 aliphatic heterocycles. The van der Waals surface area contributed by atoms with Crippen LogP contribution in [0.2, 0.25) is 0 Å². The van der Waals surface area contributed by atoms with Crippen molar-refractivity contribution in [1.82, 2.24) is 0 Å². The van der Waals surface area contributed by atoms with Crippen molar-refractivity contribution < 1.29 is 32.9 Å². The maximum atomic E-state index is 14.0. The van der Waals surface area contributed by atoms with Crippen LogP contribution in [0.4, 0.5) is 10.1 Å². The van der Waals surface area contributed by atoms with Gasteiger partial charge in [0.25, 0.3) is 5.78 Å². The summed E-state index contributed by atoms with van der Waals surface area (Å²) in [6, 6.07) is 32.8. The first-order valence-electron chi connectivity index (χ1n) is 13.8. The fraction of sp³-hybridized carbons (Fsp3) is 0.235. The minimum absolute atomic E-state index is 0.00376. The van der Waals surface area contributed by atoms with E-state index >= 15 is 0 Å². The Labute approximate surface area is 243 Å². The van der Waals surface area contributed by atoms with E-state index in [0.29, 0.717) is 6.61 Å². The molecule has 0 saturated carbocycles. The quantitative estimate of drug-likeness (QED) is 0.224. The van der Waals surface area contributed by atoms with Crippen LogP contribution in [-0.2, 0) is 43.6 Å². The number of halogens is 1. The maximum Gasteiger partial charge on any atom is 0.301 e. The predicted molar refractivity (Wildman–Crippen MR) is 153 cm³/mol. The van der Waals surface area contributed by atoms with Gasteiger partial charge in [0.1, 0.15) is 24.1 Å². The second-order valence-electron chi connectivity index (χ2n) is 10.3. The lowest BCUT2D eigenvalue weighted by Crippen LogP contribution is -2.48. The predicted octanol–water partition coefficient (Wildman–Crippen LogP) is 5.47. The van der Waals surface area contributed by atoms with Gasteiger partial charge in [0.05, 0.1) is 37.7 Å². The number of ketones is 1. The Kier molecular flexibility index (Phi) is 8.48. The smallest absolute Gasteiger partial charge is 0.301 e. The minimum Gasteiger partial charge on any atom is -0.374 e. The molecule has 1 saturated heterocycles. The van der Waals surface area contributed by atoms with E-state index in [1.54, 1.807) is 0 Å². The summed E-state index contributed by atoms with van der Waals surface area (Å²) >= 11 is 0. The molecule has 0 aromatic heterocycles. The largest absolute Gasteiger partial charge is 0.374 e. The average Bonchev–Trinajstić information content (AvgIpc) is 3.48. The van der Waals surface area contributed by atoms with E-state index in [4.69, 9.17) is 18.9 Å². The molecule has 0 unspecified atom stereocenters. The molecular formula is C34H30FNO6. The fourth-order valence-corrected chi connectivity index (χ4v) is 5.32. The van der Waals surface area contributed by atoms with Crippen LogP contribution in [0.5, 0.6) is 0 Å². The Morgan fingerprint density at radius 2 is 1.24 bits per heavy atom. The third kappa shape index (κ3) is 6.03. The third-order valence-corrected chi connectivity index (χ3v) is 7.38. The molecule has 4 aromatic carbocycles. The second-order valence-corrected chi connectivity index (χ2v) is 10.3. The molecule has 1 fully saturated rings. The molecule has 2 aliphatic rings. The van der Waals surface area contributed by atoms with E-state index in [-0.39, 0.29) is 31.1 Å². The molecule has 0 bridgehead atoms. The lowest BCUT2D eigenvalue weighted by Gasteiger charge is -2.30. The van der Waals surface area contributed by atoms with Crippen LogP contribution in [0.25, 0.3) is 0 Å². The number of Topliss-reactive ketones (excluding diaryl/α,β-unsaturated/α-hetero) is 1. The highest BCUT2D eigenvalue weighted by atomic mass is 19.1. The molecular weight excluding hydrogens is 537 g/mol. The standard InChI is InChI=1S/C34H30FNO6/c35-26-16-17-28-27(18-26)30(37)33(38)36(28)34-32(41-21-25-14-8-3-9-15-25)31(40-20-24-12-6-2-7-13-24)29(42-34)22-39-19-23-10-4-1-5-11-23/h1-18,29,31-32,34H,19-22H2/t29-,31-,32-,34-/m1/s1. The van der Waals surface area contributed by atoms with Crippen LogP contribution in [0.1, 0.15) is 27.0 Å². The molecule has 0 N–H and O–H groups in total. The first-order chi connectivity index (χ1) is 20.6. The molecule has 1 amide bonds. The van der Waals surface area contributed by atoms with Gasteiger partial charge >= 0.3 is 5.91 Å². The van der Waals surface area contributed by atoms with E-state index in [0.717, 1.165) is 22.8 Å². The van der Waals surface area contributed by atoms with E-state index in [2.05, 4.69) is 0 Å². The van der Waals surface area contributed by atoms with Gasteiger partial charge in [-0.1, -0.05) is 91.0 Å². The lowest BCUT2D eigenvalue weighted by molar-refractivity contribution is -0.119. The van der Waals surface area contributed by atoms with Crippen LogP contribution in [0.3, 0.4) is 0 Å². The summed E-state index contributed by atoms with van der Waals surface area (Å²) in [5, 5.41) is 0. The fourth-order valence-electron chi connectivity index (χ4n) is 5.32. The van der Waals surface area contributed by atoms with Crippen LogP contribution < -0.4 is 4.90 Å². The van der Waals surface area contributed by atoms with Crippen molar-refractivity contribution in [2.24, 2.45) is 0 Å². The number of carbonyl (C=O) groups is 2. The lowest BCUT2D eigenvalue weighted by atomic mass is 10.1. The topological polar surface area (TPSA) is 74.3 Å². The summed E-state index contributed by atoms with van der Waals surface area (Å²) in [6.07, 6.45) is -3.08. The van der Waals surface area contributed by atoms with Gasteiger partial charge in [-0.05, 0) is 34.9 Å². The zero-order chi connectivity index (χ0) is 28.9. The monoisotopic (exact) mass is 567 g/mol. The summed E-state index contributed by atoms with van der Waals surface area (Å²) in [5.41, 5.74) is 3.16. The van der Waals surface area contributed by atoms with Crippen LogP contribution >= 0.6 is 0 Å². The van der Waals surface area contributed by atoms with Crippen molar-refractivity contribution in [3.63, 3.8) is 0 Å². The molecule has 0 radical (unpaired) electrons. The van der Waals surface area contributed by atoms with E-state index < -0.39 is 42.0 Å². The normalized spacial score (nSPS) is 21.6. The molecule has 214 valence electrons. The number of benzene rings is 4. The zero-order valence-corrected chi connectivity index (χ0v) is 22.8. The first-order valence-corrected chi connectivity index (χ1v) is 13.8. The number of hydrogen-bond acceptors (Lipinski definition) is 6. The van der Waals surface area contributed by atoms with E-state index in [1.165, 1.54) is 17.0 Å². The van der Waals surface area contributed by atoms with Gasteiger partial charge in [-0.2, -0.15) is 0 Å². The van der Waals surface area contributed by atoms with Gasteiger partial charge in [0.2, 0.25) is 0 Å². The zero-order valence-electron chi connectivity index (χ0n) is 22.8. The Bertz CT molecular complexity index is 1520. The van der Waals surface area contributed by atoms with Gasteiger partial charge in [0.15, 0.2) is 6.23 Å². The molecule has 0 spiro atoms. The van der Waals surface area contributed by atoms with Crippen LogP contribution in [0, 0.1) is 5.82 Å². The SMILES string of the molecule is O=C1C(=O)N([C@@H]2O[C@H](COCc3ccccc3)[C@@H](OCc3ccccc3)[C@H]2OCc2ccccc2)c2ccc(F)cc21. The summed E-state index contributed by atoms with van der Waals surface area (Å²) in [4.78, 5) is 27.5. The highest BCUT2D eigenvalue weighted by Gasteiger charge is 2.53. The number of amides is 1. The number of ether oxygens (including phenoxy) is 4. The van der Waals surface area contributed by atoms with Crippen LogP contribution in [-0.4, -0.2) is 42.8 Å². The number of hydrogen-bond donors (Lipinski definition) is 0. The van der Waals surface area contributed by atoms with E-state index in [1.807, 2.05) is 91.0 Å². The van der Waals surface area contributed by atoms with Crippen molar-refractivity contribution in [2.75, 3.05) is 11.5 Å². The summed E-state index contributed by atoms with van der Waals surface area (Å²) in [6.45, 7) is 1.01. The second kappa shape index (κ2) is 12.8. The van der Waals surface area contributed by atoms with Crippen molar-refractivity contribution in [3.8, 4) is 0 Å². The maximum absolute atomic E-state index is 14.0. The average molecular weight is 568 g/mol. The van der Waals surface area contributed by atoms with Crippen molar-refractivity contribution in [1.29, 1.82) is 0 Å². The van der Waals surface area contributed by atoms with E-state index in [9.17, 15) is 14.0 Å². The molecule has 6 rings (SSSR count). The Morgan fingerprint density at radius 1 is 0.690 bits per heavy atom. The molecule has 42 heavy (non-hydrogen) atoms. The molecule has 4 aromatic rings. The summed E-state index contributed by atoms with van der Waals surface area (Å²) in [5.74, 6) is -2.20. The highest BCUT2D eigenvalue weighted by Crippen LogP contribution is 2.38. The number of carbonyl (C=O) groups excluding carboxylic acids is 2. The van der Waals surface area contributed by atoms with Crippen molar-refractivity contribution in [2.45, 2.75) is 44.4 Å². The van der Waals surface area contributed by atoms with Gasteiger partial charge in [-0.3, -0.25) is 14.5 Å². The number of nitrogens with zero attached hydrogens (tertiary/aromatic N) is 1. The molecule has 0 aliphatic carbocycles. The number of anilines is 1. The minimum atomic E-state index is -1.01. The van der Waals surface area contributed by atoms with Crippen molar-refractivity contribution in [3.05, 3.63) is 137 Å². The van der Waals surface area contributed by atoms with Gasteiger partial charge in [-0.25, -0.2) is 4.39 Å². The van der Waals surface area contributed by atoms with Crippen LogP contribution in [0.15, 0.2) is 109 Å². The summed E-state index contributed by atoms with van der Waals surface area (Å²) < 4.78 is 39.5. The molecule has 4 atom stereocenters. The number of rotatable bonds is 11. The first kappa shape index (κ1) is 27.9. The van der Waals surface area contributed by atoms with Crippen molar-refractivity contribution >= 4 is 17.4 Å². The number of fused-ring (bicyclic) bond motifs is 1. The summed E-state index contributed by atoms with van der Waals surface area (Å²) in [7, 11) is 0. The molecule has 2 heterocycles. The van der Waals surface area contributed by atoms with Gasteiger partial charge in [0, 0.05) is 0 Å². The molecule has 7 nitrogen and oxygen atoms in total. The van der Waals surface area contributed by atoms with Gasteiger partial charge in [-0.15, -0.1) is 0 Å².